The molecule has 112 valence electrons. The summed E-state index contributed by atoms with van der Waals surface area (Å²) < 4.78 is 33.0. The van der Waals surface area contributed by atoms with Gasteiger partial charge in [0, 0.05) is 6.26 Å². The maximum atomic E-state index is 11.6. The highest BCUT2D eigenvalue weighted by Gasteiger charge is 2.20. The summed E-state index contributed by atoms with van der Waals surface area (Å²) >= 11 is 0. The number of methoxy groups -OCH3 is 1. The van der Waals surface area contributed by atoms with Crippen LogP contribution in [0.25, 0.3) is 0 Å². The maximum absolute atomic E-state index is 11.6. The Morgan fingerprint density at radius 3 is 2.30 bits per heavy atom. The normalized spacial score (nSPS) is 12.8. The maximum Gasteiger partial charge on any atom is 0.347 e. The fourth-order valence-electron chi connectivity index (χ4n) is 1.68. The van der Waals surface area contributed by atoms with Crippen molar-refractivity contribution in [1.82, 2.24) is 0 Å². The summed E-state index contributed by atoms with van der Waals surface area (Å²) in [6, 6.07) is 5.99. The summed E-state index contributed by atoms with van der Waals surface area (Å²) in [5, 5.41) is 0. The molecule has 0 N–H and O–H groups in total. The third-order valence-corrected chi connectivity index (χ3v) is 3.94. The summed E-state index contributed by atoms with van der Waals surface area (Å²) in [5.41, 5.74) is 0. The predicted molar refractivity (Wildman–Crippen MR) is 75.5 cm³/mol. The second-order valence-corrected chi connectivity index (χ2v) is 6.53. The van der Waals surface area contributed by atoms with Gasteiger partial charge in [-0.1, -0.05) is 13.3 Å². The molecule has 1 aromatic rings. The quantitative estimate of drug-likeness (QED) is 0.722. The van der Waals surface area contributed by atoms with Crippen LogP contribution < -0.4 is 4.74 Å². The van der Waals surface area contributed by atoms with Gasteiger partial charge in [0.2, 0.25) is 0 Å². The van der Waals surface area contributed by atoms with E-state index in [9.17, 15) is 13.2 Å². The molecule has 0 aliphatic rings. The van der Waals surface area contributed by atoms with Gasteiger partial charge in [0.15, 0.2) is 15.9 Å². The van der Waals surface area contributed by atoms with Crippen molar-refractivity contribution in [2.45, 2.75) is 37.2 Å². The van der Waals surface area contributed by atoms with Crippen LogP contribution in [0.15, 0.2) is 29.2 Å². The van der Waals surface area contributed by atoms with Gasteiger partial charge in [-0.05, 0) is 37.1 Å². The number of sulfone groups is 1. The van der Waals surface area contributed by atoms with E-state index in [4.69, 9.17) is 9.47 Å². The number of carbonyl (C=O) groups is 1. The first-order valence-electron chi connectivity index (χ1n) is 6.43. The number of rotatable bonds is 7. The summed E-state index contributed by atoms with van der Waals surface area (Å²) in [6.07, 6.45) is 2.84. The van der Waals surface area contributed by atoms with Crippen molar-refractivity contribution < 1.29 is 22.7 Å². The minimum atomic E-state index is -3.23. The topological polar surface area (TPSA) is 69.7 Å². The molecule has 6 heteroatoms. The Labute approximate surface area is 119 Å². The molecular formula is C14H20O5S. The minimum absolute atomic E-state index is 0.216. The van der Waals surface area contributed by atoms with Crippen LogP contribution in [0, 0.1) is 0 Å². The Kier molecular flexibility index (Phi) is 6.01. The first-order valence-corrected chi connectivity index (χ1v) is 8.32. The molecule has 0 aromatic heterocycles. The molecule has 5 nitrogen and oxygen atoms in total. The van der Waals surface area contributed by atoms with Gasteiger partial charge >= 0.3 is 5.97 Å². The lowest BCUT2D eigenvalue weighted by atomic mass is 10.1. The Morgan fingerprint density at radius 1 is 1.25 bits per heavy atom. The average molecular weight is 300 g/mol. The minimum Gasteiger partial charge on any atom is -0.479 e. The van der Waals surface area contributed by atoms with Gasteiger partial charge in [-0.3, -0.25) is 0 Å². The summed E-state index contributed by atoms with van der Waals surface area (Å²) in [7, 11) is -1.91. The molecule has 1 rings (SSSR count). The van der Waals surface area contributed by atoms with E-state index in [0.29, 0.717) is 12.2 Å². The van der Waals surface area contributed by atoms with E-state index < -0.39 is 21.9 Å². The predicted octanol–water partition coefficient (Wildman–Crippen LogP) is 2.20. The molecule has 0 bridgehead atoms. The van der Waals surface area contributed by atoms with Crippen LogP contribution >= 0.6 is 0 Å². The number of hydrogen-bond acceptors (Lipinski definition) is 5. The van der Waals surface area contributed by atoms with Crippen LogP contribution in [-0.2, 0) is 19.4 Å². The molecule has 1 unspecified atom stereocenters. The molecule has 20 heavy (non-hydrogen) atoms. The standard InChI is InChI=1S/C14H20O5S/c1-4-5-6-13(14(15)18-2)19-11-7-9-12(10-8-11)20(3,16)17/h7-10,13H,4-6H2,1-3H3. The molecule has 0 radical (unpaired) electrons. The largest absolute Gasteiger partial charge is 0.479 e. The zero-order valence-electron chi connectivity index (χ0n) is 12.0. The van der Waals surface area contributed by atoms with Gasteiger partial charge in [-0.15, -0.1) is 0 Å². The molecule has 0 spiro atoms. The van der Waals surface area contributed by atoms with Crippen molar-refractivity contribution in [3.8, 4) is 5.75 Å². The van der Waals surface area contributed by atoms with Crippen molar-refractivity contribution in [2.24, 2.45) is 0 Å². The first-order chi connectivity index (χ1) is 9.38. The molecular weight excluding hydrogens is 280 g/mol. The number of carbonyl (C=O) groups excluding carboxylic acids is 1. The summed E-state index contributed by atoms with van der Waals surface area (Å²) in [4.78, 5) is 11.8. The Bertz CT molecular complexity index is 533. The van der Waals surface area contributed by atoms with Crippen molar-refractivity contribution in [3.63, 3.8) is 0 Å². The van der Waals surface area contributed by atoms with Gasteiger partial charge in [-0.2, -0.15) is 0 Å². The SMILES string of the molecule is CCCCC(Oc1ccc(S(C)(=O)=O)cc1)C(=O)OC. The van der Waals surface area contributed by atoms with E-state index in [-0.39, 0.29) is 4.90 Å². The first kappa shape index (κ1) is 16.5. The smallest absolute Gasteiger partial charge is 0.347 e. The zero-order chi connectivity index (χ0) is 15.2. The summed E-state index contributed by atoms with van der Waals surface area (Å²) in [5.74, 6) is 0.0227. The fourth-order valence-corrected chi connectivity index (χ4v) is 2.31. The van der Waals surface area contributed by atoms with E-state index in [1.54, 1.807) is 0 Å². The van der Waals surface area contributed by atoms with Crippen molar-refractivity contribution in [3.05, 3.63) is 24.3 Å². The average Bonchev–Trinajstić information content (AvgIpc) is 2.42. The second kappa shape index (κ2) is 7.28. The van der Waals surface area contributed by atoms with Crippen molar-refractivity contribution >= 4 is 15.8 Å². The van der Waals surface area contributed by atoms with Gasteiger partial charge in [0.25, 0.3) is 0 Å². The molecule has 0 aliphatic carbocycles. The van der Waals surface area contributed by atoms with Crippen LogP contribution in [0.1, 0.15) is 26.2 Å². The lowest BCUT2D eigenvalue weighted by Gasteiger charge is -2.16. The van der Waals surface area contributed by atoms with E-state index in [2.05, 4.69) is 0 Å². The number of unbranched alkanes of at least 4 members (excludes halogenated alkanes) is 1. The zero-order valence-corrected chi connectivity index (χ0v) is 12.8. The van der Waals surface area contributed by atoms with Gasteiger partial charge in [-0.25, -0.2) is 13.2 Å². The highest BCUT2D eigenvalue weighted by atomic mass is 32.2. The number of hydrogen-bond donors (Lipinski definition) is 0. The number of ether oxygens (including phenoxy) is 2. The fraction of sp³-hybridized carbons (Fsp3) is 0.500. The van der Waals surface area contributed by atoms with E-state index in [1.165, 1.54) is 31.4 Å². The molecule has 0 heterocycles. The van der Waals surface area contributed by atoms with Crippen LogP contribution in [0.2, 0.25) is 0 Å². The third-order valence-electron chi connectivity index (χ3n) is 2.81. The molecule has 0 amide bonds. The Hall–Kier alpha value is -1.56. The van der Waals surface area contributed by atoms with E-state index in [1.807, 2.05) is 6.92 Å². The number of esters is 1. The second-order valence-electron chi connectivity index (χ2n) is 4.52. The van der Waals surface area contributed by atoms with E-state index in [0.717, 1.165) is 19.1 Å². The summed E-state index contributed by atoms with van der Waals surface area (Å²) in [6.45, 7) is 2.02. The van der Waals surface area contributed by atoms with Crippen molar-refractivity contribution in [1.29, 1.82) is 0 Å². The molecule has 0 saturated carbocycles. The van der Waals surface area contributed by atoms with Crippen LogP contribution in [-0.4, -0.2) is 33.9 Å². The van der Waals surface area contributed by atoms with Crippen LogP contribution in [0.5, 0.6) is 5.75 Å². The Balaban J connectivity index is 2.80. The molecule has 1 atom stereocenters. The number of benzene rings is 1. The third kappa shape index (κ3) is 4.85. The van der Waals surface area contributed by atoms with E-state index >= 15 is 0 Å². The highest BCUT2D eigenvalue weighted by molar-refractivity contribution is 7.90. The van der Waals surface area contributed by atoms with Gasteiger partial charge in [0.1, 0.15) is 5.75 Å². The monoisotopic (exact) mass is 300 g/mol. The molecule has 0 fully saturated rings. The van der Waals surface area contributed by atoms with Crippen LogP contribution in [0.3, 0.4) is 0 Å². The highest BCUT2D eigenvalue weighted by Crippen LogP contribution is 2.19. The Morgan fingerprint density at radius 2 is 1.85 bits per heavy atom. The molecule has 0 aliphatic heterocycles. The van der Waals surface area contributed by atoms with Crippen LogP contribution in [0.4, 0.5) is 0 Å². The molecule has 1 aromatic carbocycles. The lowest BCUT2D eigenvalue weighted by Crippen LogP contribution is -2.28. The lowest BCUT2D eigenvalue weighted by molar-refractivity contribution is -0.149. The van der Waals surface area contributed by atoms with Gasteiger partial charge in [0.05, 0.1) is 12.0 Å². The molecule has 0 saturated heterocycles. The van der Waals surface area contributed by atoms with Crippen molar-refractivity contribution in [2.75, 3.05) is 13.4 Å². The van der Waals surface area contributed by atoms with Gasteiger partial charge < -0.3 is 9.47 Å².